The molecule has 2 N–H and O–H groups in total. The van der Waals surface area contributed by atoms with Crippen molar-refractivity contribution in [2.75, 3.05) is 26.2 Å². The minimum Gasteiger partial charge on any atom is -0.396 e. The number of hydrogen-bond donors (Lipinski definition) is 2. The van der Waals surface area contributed by atoms with Gasteiger partial charge in [-0.3, -0.25) is 4.79 Å². The number of aliphatic hydroxyl groups excluding tert-OH is 1. The van der Waals surface area contributed by atoms with E-state index in [1.54, 1.807) is 17.0 Å². The SMILES string of the molecule is O=C(CCNS(=O)(=O)c1ccc(Br)cc1)N1CCCC(CO)C1. The first-order chi connectivity index (χ1) is 10.9. The van der Waals surface area contributed by atoms with Crippen molar-refractivity contribution in [3.8, 4) is 0 Å². The minimum atomic E-state index is -3.60. The second-order valence-electron chi connectivity index (χ2n) is 5.63. The van der Waals surface area contributed by atoms with Crippen LogP contribution in [0.2, 0.25) is 0 Å². The van der Waals surface area contributed by atoms with Gasteiger partial charge in [-0.1, -0.05) is 15.9 Å². The standard InChI is InChI=1S/C15H21BrN2O4S/c16-13-3-5-14(6-4-13)23(21,22)17-8-7-15(20)18-9-1-2-12(10-18)11-19/h3-6,12,17,19H,1-2,7-11H2. The third kappa shape index (κ3) is 5.27. The highest BCUT2D eigenvalue weighted by molar-refractivity contribution is 9.10. The number of benzene rings is 1. The van der Waals surface area contributed by atoms with E-state index in [0.29, 0.717) is 13.1 Å². The normalized spacial score (nSPS) is 18.9. The summed E-state index contributed by atoms with van der Waals surface area (Å²) < 4.78 is 27.5. The van der Waals surface area contributed by atoms with Gasteiger partial charge in [0, 0.05) is 37.1 Å². The number of halogens is 1. The van der Waals surface area contributed by atoms with E-state index >= 15 is 0 Å². The van der Waals surface area contributed by atoms with Crippen LogP contribution in [0, 0.1) is 5.92 Å². The number of carbonyl (C=O) groups is 1. The minimum absolute atomic E-state index is 0.0670. The third-order valence-electron chi connectivity index (χ3n) is 3.88. The van der Waals surface area contributed by atoms with Crippen molar-refractivity contribution in [1.82, 2.24) is 9.62 Å². The van der Waals surface area contributed by atoms with E-state index in [9.17, 15) is 18.3 Å². The second-order valence-corrected chi connectivity index (χ2v) is 8.31. The van der Waals surface area contributed by atoms with E-state index in [4.69, 9.17) is 0 Å². The van der Waals surface area contributed by atoms with Gasteiger partial charge in [0.25, 0.3) is 0 Å². The highest BCUT2D eigenvalue weighted by atomic mass is 79.9. The summed E-state index contributed by atoms with van der Waals surface area (Å²) in [4.78, 5) is 14.0. The van der Waals surface area contributed by atoms with Gasteiger partial charge in [-0.25, -0.2) is 13.1 Å². The predicted octanol–water partition coefficient (Wildman–Crippen LogP) is 1.35. The molecule has 8 heteroatoms. The molecule has 1 saturated heterocycles. The molecule has 128 valence electrons. The molecule has 0 aliphatic carbocycles. The molecule has 0 bridgehead atoms. The zero-order chi connectivity index (χ0) is 16.9. The van der Waals surface area contributed by atoms with Crippen LogP contribution < -0.4 is 4.72 Å². The van der Waals surface area contributed by atoms with Crippen LogP contribution in [0.15, 0.2) is 33.6 Å². The Kier molecular flexibility index (Phi) is 6.58. The van der Waals surface area contributed by atoms with Gasteiger partial charge in [0.1, 0.15) is 0 Å². The molecule has 1 aliphatic heterocycles. The Morgan fingerprint density at radius 2 is 2.04 bits per heavy atom. The molecule has 23 heavy (non-hydrogen) atoms. The topological polar surface area (TPSA) is 86.7 Å². The fourth-order valence-electron chi connectivity index (χ4n) is 2.59. The Balaban J connectivity index is 1.84. The molecule has 1 amide bonds. The van der Waals surface area contributed by atoms with Gasteiger partial charge in [-0.05, 0) is 43.0 Å². The number of nitrogens with one attached hydrogen (secondary N) is 1. The smallest absolute Gasteiger partial charge is 0.240 e. The lowest BCUT2D eigenvalue weighted by atomic mass is 9.99. The summed E-state index contributed by atoms with van der Waals surface area (Å²) in [5.41, 5.74) is 0. The van der Waals surface area contributed by atoms with Crippen LogP contribution in [0.3, 0.4) is 0 Å². The average molecular weight is 405 g/mol. The molecular formula is C15H21BrN2O4S. The lowest BCUT2D eigenvalue weighted by Gasteiger charge is -2.31. The largest absolute Gasteiger partial charge is 0.396 e. The van der Waals surface area contributed by atoms with Crippen molar-refractivity contribution >= 4 is 31.9 Å². The number of aliphatic hydroxyl groups is 1. The predicted molar refractivity (Wildman–Crippen MR) is 90.3 cm³/mol. The first-order valence-corrected chi connectivity index (χ1v) is 9.84. The van der Waals surface area contributed by atoms with E-state index in [1.165, 1.54) is 12.1 Å². The van der Waals surface area contributed by atoms with Gasteiger partial charge < -0.3 is 10.0 Å². The van der Waals surface area contributed by atoms with Gasteiger partial charge in [-0.15, -0.1) is 0 Å². The van der Waals surface area contributed by atoms with Gasteiger partial charge >= 0.3 is 0 Å². The van der Waals surface area contributed by atoms with Crippen LogP contribution in [-0.2, 0) is 14.8 Å². The summed E-state index contributed by atoms with van der Waals surface area (Å²) in [5.74, 6) is 0.0498. The maximum Gasteiger partial charge on any atom is 0.240 e. The Hall–Kier alpha value is -0.960. The summed E-state index contributed by atoms with van der Waals surface area (Å²) in [7, 11) is -3.60. The number of hydrogen-bond acceptors (Lipinski definition) is 4. The molecule has 0 spiro atoms. The van der Waals surface area contributed by atoms with Crippen LogP contribution in [0.5, 0.6) is 0 Å². The van der Waals surface area contributed by atoms with E-state index in [2.05, 4.69) is 20.7 Å². The molecule has 0 aromatic heterocycles. The van der Waals surface area contributed by atoms with Gasteiger partial charge in [0.15, 0.2) is 0 Å². The molecule has 0 radical (unpaired) electrons. The van der Waals surface area contributed by atoms with Crippen molar-refractivity contribution in [1.29, 1.82) is 0 Å². The summed E-state index contributed by atoms with van der Waals surface area (Å²) in [5, 5.41) is 9.19. The Morgan fingerprint density at radius 1 is 1.35 bits per heavy atom. The van der Waals surface area contributed by atoms with Crippen molar-refractivity contribution in [3.63, 3.8) is 0 Å². The number of likely N-dealkylation sites (tertiary alicyclic amines) is 1. The van der Waals surface area contributed by atoms with Crippen LogP contribution in [-0.4, -0.2) is 50.6 Å². The van der Waals surface area contributed by atoms with Crippen molar-refractivity contribution in [2.24, 2.45) is 5.92 Å². The molecular weight excluding hydrogens is 384 g/mol. The molecule has 1 atom stereocenters. The summed E-state index contributed by atoms with van der Waals surface area (Å²) in [6.07, 6.45) is 1.92. The monoisotopic (exact) mass is 404 g/mol. The zero-order valence-corrected chi connectivity index (χ0v) is 15.1. The highest BCUT2D eigenvalue weighted by Gasteiger charge is 2.23. The lowest BCUT2D eigenvalue weighted by Crippen LogP contribution is -2.42. The quantitative estimate of drug-likeness (QED) is 0.748. The number of sulfonamides is 1. The zero-order valence-electron chi connectivity index (χ0n) is 12.7. The Morgan fingerprint density at radius 3 is 2.70 bits per heavy atom. The van der Waals surface area contributed by atoms with Crippen LogP contribution in [0.25, 0.3) is 0 Å². The van der Waals surface area contributed by atoms with Crippen molar-refractivity contribution in [3.05, 3.63) is 28.7 Å². The first kappa shape index (κ1) is 18.4. The average Bonchev–Trinajstić information content (AvgIpc) is 2.55. The third-order valence-corrected chi connectivity index (χ3v) is 5.89. The summed E-state index contributed by atoms with van der Waals surface area (Å²) in [6.45, 7) is 1.38. The molecule has 1 aromatic carbocycles. The van der Waals surface area contributed by atoms with E-state index in [-0.39, 0.29) is 36.3 Å². The molecule has 1 heterocycles. The van der Waals surface area contributed by atoms with Crippen LogP contribution in [0.4, 0.5) is 0 Å². The highest BCUT2D eigenvalue weighted by Crippen LogP contribution is 2.17. The summed E-state index contributed by atoms with van der Waals surface area (Å²) >= 11 is 3.26. The Labute approximate surface area is 145 Å². The van der Waals surface area contributed by atoms with Gasteiger partial charge in [-0.2, -0.15) is 0 Å². The van der Waals surface area contributed by atoms with E-state index < -0.39 is 10.0 Å². The molecule has 1 unspecified atom stereocenters. The first-order valence-electron chi connectivity index (χ1n) is 7.56. The molecule has 1 aliphatic rings. The molecule has 2 rings (SSSR count). The van der Waals surface area contributed by atoms with E-state index in [0.717, 1.165) is 17.3 Å². The number of rotatable bonds is 6. The van der Waals surface area contributed by atoms with E-state index in [1.807, 2.05) is 0 Å². The molecule has 1 fully saturated rings. The number of amides is 1. The van der Waals surface area contributed by atoms with Crippen LogP contribution >= 0.6 is 15.9 Å². The number of carbonyl (C=O) groups excluding carboxylic acids is 1. The fourth-order valence-corrected chi connectivity index (χ4v) is 3.88. The second kappa shape index (κ2) is 8.23. The number of nitrogens with zero attached hydrogens (tertiary/aromatic N) is 1. The lowest BCUT2D eigenvalue weighted by molar-refractivity contribution is -0.133. The van der Waals surface area contributed by atoms with Crippen molar-refractivity contribution in [2.45, 2.75) is 24.2 Å². The Bertz CT molecular complexity index is 633. The van der Waals surface area contributed by atoms with Gasteiger partial charge in [0.2, 0.25) is 15.9 Å². The fraction of sp³-hybridized carbons (Fsp3) is 0.533. The maximum absolute atomic E-state index is 12.1. The van der Waals surface area contributed by atoms with Crippen molar-refractivity contribution < 1.29 is 18.3 Å². The molecule has 6 nitrogen and oxygen atoms in total. The van der Waals surface area contributed by atoms with Crippen LogP contribution in [0.1, 0.15) is 19.3 Å². The van der Waals surface area contributed by atoms with Gasteiger partial charge in [0.05, 0.1) is 4.90 Å². The number of piperidine rings is 1. The molecule has 0 saturated carbocycles. The summed E-state index contributed by atoms with van der Waals surface area (Å²) in [6, 6.07) is 6.32. The molecule has 1 aromatic rings. The maximum atomic E-state index is 12.1.